The molecule has 90 valence electrons. The highest BCUT2D eigenvalue weighted by molar-refractivity contribution is 5.81. The third-order valence-electron chi connectivity index (χ3n) is 2.87. The van der Waals surface area contributed by atoms with Crippen LogP contribution in [0, 0.1) is 6.92 Å². The molecule has 17 heavy (non-hydrogen) atoms. The van der Waals surface area contributed by atoms with Crippen LogP contribution >= 0.6 is 0 Å². The first-order valence-corrected chi connectivity index (χ1v) is 5.41. The highest BCUT2D eigenvalue weighted by atomic mass is 16.4. The first-order chi connectivity index (χ1) is 7.90. The minimum Gasteiger partial charge on any atom is -0.479 e. The van der Waals surface area contributed by atoms with E-state index in [1.165, 1.54) is 6.92 Å². The third-order valence-corrected chi connectivity index (χ3v) is 2.87. The molecule has 4 heteroatoms. The Hall–Kier alpha value is -1.81. The van der Waals surface area contributed by atoms with Gasteiger partial charge in [-0.15, -0.1) is 0 Å². The van der Waals surface area contributed by atoms with Gasteiger partial charge in [0, 0.05) is 11.7 Å². The number of rotatable bonds is 3. The molecule has 1 aromatic carbocycles. The zero-order valence-corrected chi connectivity index (χ0v) is 9.84. The minimum absolute atomic E-state index is 0.0366. The van der Waals surface area contributed by atoms with Crippen LogP contribution in [-0.4, -0.2) is 26.4 Å². The van der Waals surface area contributed by atoms with E-state index in [1.54, 1.807) is 10.8 Å². The molecule has 0 aliphatic rings. The molecule has 2 aromatic rings. The number of aliphatic hydroxyl groups is 1. The molecule has 0 aliphatic carbocycles. The van der Waals surface area contributed by atoms with Crippen LogP contribution in [0.15, 0.2) is 30.5 Å². The maximum Gasteiger partial charge on any atom is 0.337 e. The quantitative estimate of drug-likeness (QED) is 0.849. The molecule has 2 N–H and O–H groups in total. The molecule has 0 radical (unpaired) electrons. The SMILES string of the molecule is Cc1ccc2c(ccn2CC(C)(O)C(=O)O)c1. The van der Waals surface area contributed by atoms with E-state index in [0.29, 0.717) is 0 Å². The Labute approximate surface area is 99.1 Å². The van der Waals surface area contributed by atoms with Crippen LogP contribution in [-0.2, 0) is 11.3 Å². The molecule has 0 saturated heterocycles. The number of benzene rings is 1. The molecule has 0 saturated carbocycles. The predicted molar refractivity (Wildman–Crippen MR) is 64.9 cm³/mol. The molecular weight excluding hydrogens is 218 g/mol. The Morgan fingerprint density at radius 1 is 1.41 bits per heavy atom. The zero-order valence-electron chi connectivity index (χ0n) is 9.84. The molecule has 0 amide bonds. The second-order valence-electron chi connectivity index (χ2n) is 4.58. The largest absolute Gasteiger partial charge is 0.479 e. The van der Waals surface area contributed by atoms with E-state index in [-0.39, 0.29) is 6.54 Å². The summed E-state index contributed by atoms with van der Waals surface area (Å²) < 4.78 is 1.75. The van der Waals surface area contributed by atoms with Gasteiger partial charge in [0.2, 0.25) is 0 Å². The maximum atomic E-state index is 10.9. The van der Waals surface area contributed by atoms with Crippen molar-refractivity contribution in [3.63, 3.8) is 0 Å². The number of aliphatic carboxylic acids is 1. The van der Waals surface area contributed by atoms with E-state index in [2.05, 4.69) is 0 Å². The van der Waals surface area contributed by atoms with Gasteiger partial charge >= 0.3 is 5.97 Å². The molecule has 0 aliphatic heterocycles. The molecule has 0 bridgehead atoms. The molecule has 2 rings (SSSR count). The van der Waals surface area contributed by atoms with Crippen molar-refractivity contribution in [2.24, 2.45) is 0 Å². The van der Waals surface area contributed by atoms with Gasteiger partial charge in [-0.2, -0.15) is 0 Å². The number of carbonyl (C=O) groups is 1. The van der Waals surface area contributed by atoms with Crippen LogP contribution in [0.1, 0.15) is 12.5 Å². The maximum absolute atomic E-state index is 10.9. The lowest BCUT2D eigenvalue weighted by Gasteiger charge is -2.19. The van der Waals surface area contributed by atoms with Gasteiger partial charge in [-0.1, -0.05) is 11.6 Å². The number of hydrogen-bond acceptors (Lipinski definition) is 2. The van der Waals surface area contributed by atoms with E-state index >= 15 is 0 Å². The number of fused-ring (bicyclic) bond motifs is 1. The van der Waals surface area contributed by atoms with Gasteiger partial charge in [-0.3, -0.25) is 0 Å². The summed E-state index contributed by atoms with van der Waals surface area (Å²) in [5, 5.41) is 19.7. The van der Waals surface area contributed by atoms with Gasteiger partial charge in [-0.25, -0.2) is 4.79 Å². The monoisotopic (exact) mass is 233 g/mol. The van der Waals surface area contributed by atoms with Crippen LogP contribution in [0.5, 0.6) is 0 Å². The lowest BCUT2D eigenvalue weighted by Crippen LogP contribution is -2.39. The van der Waals surface area contributed by atoms with Crippen LogP contribution in [0.2, 0.25) is 0 Å². The summed E-state index contributed by atoms with van der Waals surface area (Å²) in [6, 6.07) is 7.85. The van der Waals surface area contributed by atoms with Crippen molar-refractivity contribution in [1.82, 2.24) is 4.57 Å². The highest BCUT2D eigenvalue weighted by Crippen LogP contribution is 2.19. The summed E-state index contributed by atoms with van der Waals surface area (Å²) in [5.41, 5.74) is 0.328. The summed E-state index contributed by atoms with van der Waals surface area (Å²) >= 11 is 0. The van der Waals surface area contributed by atoms with Crippen LogP contribution in [0.3, 0.4) is 0 Å². The van der Waals surface area contributed by atoms with Crippen molar-refractivity contribution in [3.8, 4) is 0 Å². The number of nitrogens with zero attached hydrogens (tertiary/aromatic N) is 1. The molecule has 0 spiro atoms. The molecule has 4 nitrogen and oxygen atoms in total. The molecular formula is C13H15NO3. The Bertz CT molecular complexity index is 569. The number of carboxylic acid groups (broad SMARTS) is 1. The molecule has 1 atom stereocenters. The van der Waals surface area contributed by atoms with Crippen molar-refractivity contribution in [3.05, 3.63) is 36.0 Å². The van der Waals surface area contributed by atoms with Crippen molar-refractivity contribution in [2.45, 2.75) is 26.0 Å². The van der Waals surface area contributed by atoms with Gasteiger partial charge < -0.3 is 14.8 Å². The van der Waals surface area contributed by atoms with E-state index < -0.39 is 11.6 Å². The highest BCUT2D eigenvalue weighted by Gasteiger charge is 2.30. The number of aromatic nitrogens is 1. The van der Waals surface area contributed by atoms with E-state index in [0.717, 1.165) is 16.5 Å². The van der Waals surface area contributed by atoms with E-state index in [1.807, 2.05) is 31.2 Å². The predicted octanol–water partition coefficient (Wildman–Crippen LogP) is 1.79. The summed E-state index contributed by atoms with van der Waals surface area (Å²) in [7, 11) is 0. The Morgan fingerprint density at radius 3 is 2.76 bits per heavy atom. The second-order valence-corrected chi connectivity index (χ2v) is 4.58. The smallest absolute Gasteiger partial charge is 0.337 e. The van der Waals surface area contributed by atoms with Gasteiger partial charge in [0.05, 0.1) is 6.54 Å². The topological polar surface area (TPSA) is 62.5 Å². The Kier molecular flexibility index (Phi) is 2.67. The summed E-state index contributed by atoms with van der Waals surface area (Å²) in [5.74, 6) is -1.22. The molecule has 1 heterocycles. The fraction of sp³-hybridized carbons (Fsp3) is 0.308. The van der Waals surface area contributed by atoms with Gasteiger partial charge in [0.15, 0.2) is 5.60 Å². The number of hydrogen-bond donors (Lipinski definition) is 2. The lowest BCUT2D eigenvalue weighted by molar-refractivity contribution is -0.157. The van der Waals surface area contributed by atoms with Crippen LogP contribution in [0.25, 0.3) is 10.9 Å². The zero-order chi connectivity index (χ0) is 12.6. The van der Waals surface area contributed by atoms with Crippen molar-refractivity contribution >= 4 is 16.9 Å². The van der Waals surface area contributed by atoms with Crippen molar-refractivity contribution in [2.75, 3.05) is 0 Å². The summed E-state index contributed by atoms with van der Waals surface area (Å²) in [6.45, 7) is 3.34. The van der Waals surface area contributed by atoms with Crippen LogP contribution < -0.4 is 0 Å². The summed E-state index contributed by atoms with van der Waals surface area (Å²) in [6.07, 6.45) is 1.79. The Balaban J connectivity index is 2.41. The van der Waals surface area contributed by atoms with E-state index in [4.69, 9.17) is 5.11 Å². The normalized spacial score (nSPS) is 14.8. The number of carboxylic acids is 1. The summed E-state index contributed by atoms with van der Waals surface area (Å²) in [4.78, 5) is 10.9. The Morgan fingerprint density at radius 2 is 2.12 bits per heavy atom. The van der Waals surface area contributed by atoms with Crippen molar-refractivity contribution in [1.29, 1.82) is 0 Å². The third kappa shape index (κ3) is 2.17. The molecule has 1 aromatic heterocycles. The molecule has 1 unspecified atom stereocenters. The van der Waals surface area contributed by atoms with Gasteiger partial charge in [0.1, 0.15) is 0 Å². The van der Waals surface area contributed by atoms with E-state index in [9.17, 15) is 9.90 Å². The van der Waals surface area contributed by atoms with Crippen molar-refractivity contribution < 1.29 is 15.0 Å². The average molecular weight is 233 g/mol. The fourth-order valence-corrected chi connectivity index (χ4v) is 1.86. The first kappa shape index (κ1) is 11.7. The first-order valence-electron chi connectivity index (χ1n) is 5.41. The average Bonchev–Trinajstić information content (AvgIpc) is 2.60. The van der Waals surface area contributed by atoms with Gasteiger partial charge in [0.25, 0.3) is 0 Å². The minimum atomic E-state index is -1.75. The van der Waals surface area contributed by atoms with Gasteiger partial charge in [-0.05, 0) is 37.4 Å². The standard InChI is InChI=1S/C13H15NO3/c1-9-3-4-11-10(7-9)5-6-14(11)8-13(2,17)12(15)16/h3-7,17H,8H2,1-2H3,(H,15,16). The number of aryl methyl sites for hydroxylation is 1. The fourth-order valence-electron chi connectivity index (χ4n) is 1.86. The van der Waals surface area contributed by atoms with Crippen LogP contribution in [0.4, 0.5) is 0 Å². The lowest BCUT2D eigenvalue weighted by atomic mass is 10.1. The molecule has 0 fully saturated rings. The second kappa shape index (κ2) is 3.89.